The SMILES string of the molecule is NCc1c(Cl)cccc1N(CC(=O)O)CC(=O)O. The van der Waals surface area contributed by atoms with Crippen molar-refractivity contribution in [3.63, 3.8) is 0 Å². The molecule has 0 saturated heterocycles. The molecular formula is C11H13ClN2O4. The van der Waals surface area contributed by atoms with Crippen LogP contribution in [0.25, 0.3) is 0 Å². The van der Waals surface area contributed by atoms with Gasteiger partial charge in [-0.3, -0.25) is 9.59 Å². The fourth-order valence-corrected chi connectivity index (χ4v) is 1.85. The summed E-state index contributed by atoms with van der Waals surface area (Å²) in [5, 5.41) is 18.0. The van der Waals surface area contributed by atoms with Gasteiger partial charge in [-0.15, -0.1) is 0 Å². The van der Waals surface area contributed by atoms with Gasteiger partial charge in [0.05, 0.1) is 0 Å². The Morgan fingerprint density at radius 3 is 2.22 bits per heavy atom. The van der Waals surface area contributed by atoms with Crippen molar-refractivity contribution in [1.29, 1.82) is 0 Å². The fourth-order valence-electron chi connectivity index (χ4n) is 1.60. The highest BCUT2D eigenvalue weighted by Crippen LogP contribution is 2.27. The summed E-state index contributed by atoms with van der Waals surface area (Å²) in [7, 11) is 0. The Kier molecular flexibility index (Phi) is 4.94. The van der Waals surface area contributed by atoms with E-state index in [1.807, 2.05) is 0 Å². The van der Waals surface area contributed by atoms with Crippen LogP contribution in [-0.4, -0.2) is 35.2 Å². The van der Waals surface area contributed by atoms with Gasteiger partial charge in [0.2, 0.25) is 0 Å². The Labute approximate surface area is 109 Å². The summed E-state index contributed by atoms with van der Waals surface area (Å²) in [6, 6.07) is 4.83. The maximum atomic E-state index is 10.8. The third-order valence-electron chi connectivity index (χ3n) is 2.29. The Hall–Kier alpha value is -1.79. The molecule has 98 valence electrons. The number of hydrogen-bond acceptors (Lipinski definition) is 4. The molecule has 0 fully saturated rings. The first-order chi connectivity index (χ1) is 8.45. The first kappa shape index (κ1) is 14.3. The highest BCUT2D eigenvalue weighted by atomic mass is 35.5. The lowest BCUT2D eigenvalue weighted by Gasteiger charge is -2.23. The minimum atomic E-state index is -1.13. The van der Waals surface area contributed by atoms with E-state index in [4.69, 9.17) is 27.5 Å². The van der Waals surface area contributed by atoms with Gasteiger partial charge in [0.15, 0.2) is 0 Å². The van der Waals surface area contributed by atoms with Crippen molar-refractivity contribution in [1.82, 2.24) is 0 Å². The Bertz CT molecular complexity index is 448. The van der Waals surface area contributed by atoms with Crippen molar-refractivity contribution < 1.29 is 19.8 Å². The minimum Gasteiger partial charge on any atom is -0.480 e. The molecule has 0 aliphatic rings. The van der Waals surface area contributed by atoms with Crippen LogP contribution >= 0.6 is 11.6 Å². The van der Waals surface area contributed by atoms with E-state index >= 15 is 0 Å². The molecule has 0 spiro atoms. The van der Waals surface area contributed by atoms with Crippen molar-refractivity contribution in [3.8, 4) is 0 Å². The molecule has 1 aromatic rings. The molecule has 0 aromatic heterocycles. The number of nitrogens with two attached hydrogens (primary N) is 1. The van der Waals surface area contributed by atoms with Gasteiger partial charge in [-0.05, 0) is 12.1 Å². The predicted molar refractivity (Wildman–Crippen MR) is 66.8 cm³/mol. The number of nitrogens with zero attached hydrogens (tertiary/aromatic N) is 1. The second-order valence-electron chi connectivity index (χ2n) is 3.59. The molecule has 6 nitrogen and oxygen atoms in total. The van der Waals surface area contributed by atoms with Crippen molar-refractivity contribution >= 4 is 29.2 Å². The Morgan fingerprint density at radius 2 is 1.78 bits per heavy atom. The highest BCUT2D eigenvalue weighted by molar-refractivity contribution is 6.31. The molecule has 7 heteroatoms. The predicted octanol–water partition coefficient (Wildman–Crippen LogP) is 0.774. The van der Waals surface area contributed by atoms with Crippen LogP contribution in [0.15, 0.2) is 18.2 Å². The molecular weight excluding hydrogens is 260 g/mol. The number of anilines is 1. The molecule has 0 amide bonds. The minimum absolute atomic E-state index is 0.102. The van der Waals surface area contributed by atoms with Gasteiger partial charge in [0, 0.05) is 22.8 Å². The molecule has 0 bridgehead atoms. The molecule has 0 radical (unpaired) electrons. The molecule has 1 aromatic carbocycles. The van der Waals surface area contributed by atoms with Crippen molar-refractivity contribution in [2.45, 2.75) is 6.54 Å². The van der Waals surface area contributed by atoms with Crippen molar-refractivity contribution in [3.05, 3.63) is 28.8 Å². The smallest absolute Gasteiger partial charge is 0.323 e. The number of rotatable bonds is 6. The first-order valence-corrected chi connectivity index (χ1v) is 5.49. The zero-order chi connectivity index (χ0) is 13.7. The van der Waals surface area contributed by atoms with Gasteiger partial charge < -0.3 is 20.8 Å². The van der Waals surface area contributed by atoms with Crippen LogP contribution in [0.3, 0.4) is 0 Å². The zero-order valence-electron chi connectivity index (χ0n) is 9.47. The molecule has 0 unspecified atom stereocenters. The first-order valence-electron chi connectivity index (χ1n) is 5.11. The van der Waals surface area contributed by atoms with Gasteiger partial charge in [-0.1, -0.05) is 17.7 Å². The topological polar surface area (TPSA) is 104 Å². The Morgan fingerprint density at radius 1 is 1.22 bits per heavy atom. The third-order valence-corrected chi connectivity index (χ3v) is 2.65. The molecule has 0 aliphatic heterocycles. The van der Waals surface area contributed by atoms with Gasteiger partial charge in [-0.25, -0.2) is 0 Å². The zero-order valence-corrected chi connectivity index (χ0v) is 10.2. The van der Waals surface area contributed by atoms with Gasteiger partial charge >= 0.3 is 11.9 Å². The molecule has 1 rings (SSSR count). The van der Waals surface area contributed by atoms with Crippen LogP contribution in [0.4, 0.5) is 5.69 Å². The van der Waals surface area contributed by atoms with E-state index in [1.165, 1.54) is 4.90 Å². The number of hydrogen-bond donors (Lipinski definition) is 3. The fraction of sp³-hybridized carbons (Fsp3) is 0.273. The monoisotopic (exact) mass is 272 g/mol. The van der Waals surface area contributed by atoms with E-state index in [-0.39, 0.29) is 6.54 Å². The molecule has 0 aliphatic carbocycles. The highest BCUT2D eigenvalue weighted by Gasteiger charge is 2.18. The largest absolute Gasteiger partial charge is 0.480 e. The summed E-state index contributed by atoms with van der Waals surface area (Å²) >= 11 is 5.95. The lowest BCUT2D eigenvalue weighted by molar-refractivity contribution is -0.136. The number of benzene rings is 1. The van der Waals surface area contributed by atoms with E-state index < -0.39 is 25.0 Å². The lowest BCUT2D eigenvalue weighted by Crippen LogP contribution is -2.35. The molecule has 0 heterocycles. The van der Waals surface area contributed by atoms with E-state index in [2.05, 4.69) is 0 Å². The standard InChI is InChI=1S/C11H13ClN2O4/c12-8-2-1-3-9(7(8)4-13)14(5-10(15)16)6-11(17)18/h1-3H,4-6,13H2,(H,15,16)(H,17,18). The third kappa shape index (κ3) is 3.61. The number of carbonyl (C=O) groups is 2. The van der Waals surface area contributed by atoms with E-state index in [9.17, 15) is 9.59 Å². The molecule has 0 atom stereocenters. The van der Waals surface area contributed by atoms with Crippen LogP contribution in [-0.2, 0) is 16.1 Å². The number of halogens is 1. The van der Waals surface area contributed by atoms with Gasteiger partial charge in [0.1, 0.15) is 13.1 Å². The number of carboxylic acid groups (broad SMARTS) is 2. The summed E-state index contributed by atoms with van der Waals surface area (Å²) in [6.07, 6.45) is 0. The summed E-state index contributed by atoms with van der Waals surface area (Å²) in [5.74, 6) is -2.25. The van der Waals surface area contributed by atoms with Gasteiger partial charge in [0.25, 0.3) is 0 Å². The van der Waals surface area contributed by atoms with Crippen molar-refractivity contribution in [2.75, 3.05) is 18.0 Å². The van der Waals surface area contributed by atoms with Crippen LogP contribution in [0, 0.1) is 0 Å². The second kappa shape index (κ2) is 6.23. The van der Waals surface area contributed by atoms with E-state index in [0.717, 1.165) is 0 Å². The average molecular weight is 273 g/mol. The average Bonchev–Trinajstić information content (AvgIpc) is 2.26. The van der Waals surface area contributed by atoms with E-state index in [0.29, 0.717) is 16.3 Å². The normalized spacial score (nSPS) is 10.1. The van der Waals surface area contributed by atoms with Crippen molar-refractivity contribution in [2.24, 2.45) is 5.73 Å². The van der Waals surface area contributed by atoms with Crippen LogP contribution in [0.1, 0.15) is 5.56 Å². The molecule has 4 N–H and O–H groups in total. The maximum Gasteiger partial charge on any atom is 0.323 e. The Balaban J connectivity index is 3.15. The second-order valence-corrected chi connectivity index (χ2v) is 3.99. The molecule has 18 heavy (non-hydrogen) atoms. The lowest BCUT2D eigenvalue weighted by atomic mass is 10.1. The summed E-state index contributed by atoms with van der Waals surface area (Å²) < 4.78 is 0. The summed E-state index contributed by atoms with van der Waals surface area (Å²) in [5.41, 5.74) is 6.50. The number of aliphatic carboxylic acids is 2. The molecule has 0 saturated carbocycles. The number of carboxylic acids is 2. The van der Waals surface area contributed by atoms with Crippen LogP contribution in [0.5, 0.6) is 0 Å². The quantitative estimate of drug-likeness (QED) is 0.707. The van der Waals surface area contributed by atoms with Crippen LogP contribution < -0.4 is 10.6 Å². The van der Waals surface area contributed by atoms with Gasteiger partial charge in [-0.2, -0.15) is 0 Å². The summed E-state index contributed by atoms with van der Waals surface area (Å²) in [4.78, 5) is 22.7. The maximum absolute atomic E-state index is 10.8. The summed E-state index contributed by atoms with van der Waals surface area (Å²) in [6.45, 7) is -0.760. The van der Waals surface area contributed by atoms with Crippen LogP contribution in [0.2, 0.25) is 5.02 Å². The van der Waals surface area contributed by atoms with E-state index in [1.54, 1.807) is 18.2 Å².